The summed E-state index contributed by atoms with van der Waals surface area (Å²) in [6.45, 7) is 2.95. The van der Waals surface area contributed by atoms with Crippen LogP contribution in [0.15, 0.2) is 17.5 Å². The molecule has 0 bridgehead atoms. The number of carbonyl (C=O) groups is 3. The molecule has 1 aliphatic carbocycles. The number of amides is 3. The Morgan fingerprint density at radius 3 is 2.24 bits per heavy atom. The molecule has 0 spiro atoms. The van der Waals surface area contributed by atoms with E-state index in [1.165, 1.54) is 11.3 Å². The van der Waals surface area contributed by atoms with Crippen LogP contribution in [0, 0.1) is 11.8 Å². The normalized spacial score (nSPS) is 22.1. The van der Waals surface area contributed by atoms with E-state index < -0.39 is 6.04 Å². The topological polar surface area (TPSA) is 69.7 Å². The highest BCUT2D eigenvalue weighted by Crippen LogP contribution is 2.30. The Morgan fingerprint density at radius 1 is 0.931 bits per heavy atom. The molecule has 2 aliphatic heterocycles. The second kappa shape index (κ2) is 9.28. The summed E-state index contributed by atoms with van der Waals surface area (Å²) in [6, 6.07) is 3.15. The monoisotopic (exact) mass is 417 g/mol. The maximum Gasteiger partial charge on any atom is 0.262 e. The maximum atomic E-state index is 13.2. The van der Waals surface area contributed by atoms with Gasteiger partial charge in [-0.15, -0.1) is 11.3 Å². The van der Waals surface area contributed by atoms with Crippen molar-refractivity contribution in [2.24, 2.45) is 11.8 Å². The van der Waals surface area contributed by atoms with Gasteiger partial charge in [-0.2, -0.15) is 0 Å². The number of piperidine rings is 1. The summed E-state index contributed by atoms with van der Waals surface area (Å²) in [5.74, 6) is 0.465. The minimum atomic E-state index is -0.494. The minimum Gasteiger partial charge on any atom is -0.342 e. The van der Waals surface area contributed by atoms with Crippen molar-refractivity contribution in [3.63, 3.8) is 0 Å². The van der Waals surface area contributed by atoms with Crippen LogP contribution in [0.25, 0.3) is 0 Å². The third-order valence-corrected chi connectivity index (χ3v) is 7.61. The number of hydrogen-bond acceptors (Lipinski definition) is 4. The van der Waals surface area contributed by atoms with E-state index >= 15 is 0 Å². The summed E-state index contributed by atoms with van der Waals surface area (Å²) < 4.78 is 0. The minimum absolute atomic E-state index is 0.0491. The van der Waals surface area contributed by atoms with E-state index in [9.17, 15) is 14.4 Å². The fourth-order valence-electron chi connectivity index (χ4n) is 5.02. The largest absolute Gasteiger partial charge is 0.342 e. The molecule has 0 aromatic carbocycles. The Balaban J connectivity index is 1.41. The Morgan fingerprint density at radius 2 is 1.62 bits per heavy atom. The molecular formula is C22H31N3O3S. The van der Waals surface area contributed by atoms with Gasteiger partial charge < -0.3 is 15.1 Å². The van der Waals surface area contributed by atoms with Gasteiger partial charge in [-0.05, 0) is 55.9 Å². The highest BCUT2D eigenvalue weighted by Gasteiger charge is 2.38. The second-order valence-electron chi connectivity index (χ2n) is 8.60. The molecular weight excluding hydrogens is 386 g/mol. The Bertz CT molecular complexity index is 716. The van der Waals surface area contributed by atoms with Crippen LogP contribution in [0.1, 0.15) is 61.0 Å². The van der Waals surface area contributed by atoms with Gasteiger partial charge in [0.15, 0.2) is 0 Å². The van der Waals surface area contributed by atoms with Crippen LogP contribution in [0.2, 0.25) is 0 Å². The third kappa shape index (κ3) is 4.65. The molecule has 158 valence electrons. The Labute approximate surface area is 176 Å². The molecule has 1 atom stereocenters. The number of likely N-dealkylation sites (tertiary alicyclic amines) is 2. The number of nitrogens with zero attached hydrogens (tertiary/aromatic N) is 2. The van der Waals surface area contributed by atoms with Crippen molar-refractivity contribution in [2.45, 2.75) is 57.4 Å². The van der Waals surface area contributed by atoms with Gasteiger partial charge >= 0.3 is 0 Å². The summed E-state index contributed by atoms with van der Waals surface area (Å²) in [5, 5.41) is 4.92. The molecule has 0 radical (unpaired) electrons. The molecule has 29 heavy (non-hydrogen) atoms. The molecule has 3 heterocycles. The van der Waals surface area contributed by atoms with Crippen molar-refractivity contribution in [3.8, 4) is 0 Å². The van der Waals surface area contributed by atoms with Crippen LogP contribution in [0.3, 0.4) is 0 Å². The quantitative estimate of drug-likeness (QED) is 0.801. The third-order valence-electron chi connectivity index (χ3n) is 6.74. The lowest BCUT2D eigenvalue weighted by Gasteiger charge is -2.37. The number of thiophene rings is 1. The van der Waals surface area contributed by atoms with Crippen molar-refractivity contribution < 1.29 is 14.4 Å². The van der Waals surface area contributed by atoms with Gasteiger partial charge in [0.05, 0.1) is 4.88 Å². The van der Waals surface area contributed by atoms with Gasteiger partial charge in [0.1, 0.15) is 6.04 Å². The number of hydrogen-bond donors (Lipinski definition) is 1. The van der Waals surface area contributed by atoms with Gasteiger partial charge in [0.2, 0.25) is 11.8 Å². The standard InChI is InChI=1S/C22H31N3O3S/c26-20(18-8-5-15-29-18)23-19(22(28)24-11-3-4-12-24)16-9-13-25(14-10-16)21(27)17-6-1-2-7-17/h5,8,15-17,19H,1-4,6-7,9-14H2,(H,23,26). The lowest BCUT2D eigenvalue weighted by atomic mass is 9.87. The van der Waals surface area contributed by atoms with Gasteiger partial charge in [-0.3, -0.25) is 14.4 Å². The zero-order valence-electron chi connectivity index (χ0n) is 17.0. The van der Waals surface area contributed by atoms with Crippen LogP contribution in [0.4, 0.5) is 0 Å². The van der Waals surface area contributed by atoms with Gasteiger partial charge in [0, 0.05) is 32.1 Å². The highest BCUT2D eigenvalue weighted by atomic mass is 32.1. The van der Waals surface area contributed by atoms with Gasteiger partial charge in [-0.1, -0.05) is 18.9 Å². The van der Waals surface area contributed by atoms with Crippen LogP contribution in [-0.4, -0.2) is 59.7 Å². The number of nitrogens with one attached hydrogen (secondary N) is 1. The van der Waals surface area contributed by atoms with Crippen molar-refractivity contribution in [1.29, 1.82) is 0 Å². The number of carbonyl (C=O) groups excluding carboxylic acids is 3. The van der Waals surface area contributed by atoms with Crippen molar-refractivity contribution in [2.75, 3.05) is 26.2 Å². The van der Waals surface area contributed by atoms with Crippen molar-refractivity contribution in [1.82, 2.24) is 15.1 Å². The molecule has 3 fully saturated rings. The first-order valence-electron chi connectivity index (χ1n) is 11.1. The molecule has 4 rings (SSSR count). The average molecular weight is 418 g/mol. The predicted molar refractivity (Wildman–Crippen MR) is 113 cm³/mol. The molecule has 3 aliphatic rings. The first kappa shape index (κ1) is 20.4. The summed E-state index contributed by atoms with van der Waals surface area (Å²) in [5.41, 5.74) is 0. The average Bonchev–Trinajstić information content (AvgIpc) is 3.53. The van der Waals surface area contributed by atoms with E-state index in [2.05, 4.69) is 5.32 Å². The van der Waals surface area contributed by atoms with E-state index in [0.29, 0.717) is 23.9 Å². The number of rotatable bonds is 5. The van der Waals surface area contributed by atoms with Crippen LogP contribution in [0.5, 0.6) is 0 Å². The summed E-state index contributed by atoms with van der Waals surface area (Å²) >= 11 is 1.39. The SMILES string of the molecule is O=C(NC(C(=O)N1CCCC1)C1CCN(C(=O)C2CCCC2)CC1)c1cccs1. The van der Waals surface area contributed by atoms with E-state index in [1.807, 2.05) is 21.2 Å². The van der Waals surface area contributed by atoms with Crippen LogP contribution >= 0.6 is 11.3 Å². The summed E-state index contributed by atoms with van der Waals surface area (Å²) in [6.07, 6.45) is 7.97. The first-order chi connectivity index (χ1) is 14.1. The molecule has 1 aromatic heterocycles. The fourth-order valence-corrected chi connectivity index (χ4v) is 5.65. The predicted octanol–water partition coefficient (Wildman–Crippen LogP) is 2.90. The lowest BCUT2D eigenvalue weighted by molar-refractivity contribution is -0.138. The Kier molecular flexibility index (Phi) is 6.53. The maximum absolute atomic E-state index is 13.2. The van der Waals surface area contributed by atoms with Gasteiger partial charge in [0.25, 0.3) is 5.91 Å². The van der Waals surface area contributed by atoms with Crippen LogP contribution in [-0.2, 0) is 9.59 Å². The summed E-state index contributed by atoms with van der Waals surface area (Å²) in [4.78, 5) is 43.2. The zero-order chi connectivity index (χ0) is 20.2. The smallest absolute Gasteiger partial charge is 0.262 e. The molecule has 1 saturated carbocycles. The molecule has 7 heteroatoms. The first-order valence-corrected chi connectivity index (χ1v) is 11.9. The molecule has 1 aromatic rings. The fraction of sp³-hybridized carbons (Fsp3) is 0.682. The molecule has 1 unspecified atom stereocenters. The van der Waals surface area contributed by atoms with E-state index in [4.69, 9.17) is 0 Å². The highest BCUT2D eigenvalue weighted by molar-refractivity contribution is 7.12. The summed E-state index contributed by atoms with van der Waals surface area (Å²) in [7, 11) is 0. The van der Waals surface area contributed by atoms with Crippen LogP contribution < -0.4 is 5.32 Å². The molecule has 3 amide bonds. The van der Waals surface area contributed by atoms with Crippen molar-refractivity contribution >= 4 is 29.1 Å². The lowest BCUT2D eigenvalue weighted by Crippen LogP contribution is -2.54. The van der Waals surface area contributed by atoms with E-state index in [0.717, 1.165) is 64.5 Å². The second-order valence-corrected chi connectivity index (χ2v) is 9.55. The Hall–Kier alpha value is -1.89. The van der Waals surface area contributed by atoms with Gasteiger partial charge in [-0.25, -0.2) is 0 Å². The zero-order valence-corrected chi connectivity index (χ0v) is 17.8. The van der Waals surface area contributed by atoms with Crippen molar-refractivity contribution in [3.05, 3.63) is 22.4 Å². The van der Waals surface area contributed by atoms with E-state index in [1.54, 1.807) is 6.07 Å². The molecule has 1 N–H and O–H groups in total. The van der Waals surface area contributed by atoms with E-state index in [-0.39, 0.29) is 23.7 Å². The molecule has 2 saturated heterocycles. The molecule has 6 nitrogen and oxygen atoms in total.